The number of nitrogens with one attached hydrogen (secondary N) is 2. The highest BCUT2D eigenvalue weighted by Gasteiger charge is 2.48. The molecule has 3 rings (SSSR count). The summed E-state index contributed by atoms with van der Waals surface area (Å²) in [6, 6.07) is 8.67. The van der Waals surface area contributed by atoms with E-state index < -0.39 is 17.7 Å². The van der Waals surface area contributed by atoms with Crippen molar-refractivity contribution in [3.8, 4) is 0 Å². The highest BCUT2D eigenvalue weighted by Crippen LogP contribution is 2.30. The lowest BCUT2D eigenvalue weighted by molar-refractivity contribution is -0.141. The monoisotopic (exact) mass is 448 g/mol. The van der Waals surface area contributed by atoms with E-state index in [1.54, 1.807) is 20.8 Å². The zero-order chi connectivity index (χ0) is 23.1. The van der Waals surface area contributed by atoms with Gasteiger partial charge in [0.25, 0.3) is 5.91 Å². The third kappa shape index (κ3) is 6.57. The molecule has 2 atom stereocenters. The smallest absolute Gasteiger partial charge is 0.407 e. The standard InChI is InChI=1S/C22H32N4O6/c1-22(2,3)32-20(28)23-12-7-13-30-24-19(27)18-11-10-17-14-25(18)21(29)26(17)31-15-16-8-5-4-6-9-16/h4-6,8-9,17-18H,7,10-15H2,1-3H3,(H,23,28)(H,24,27)/t17?,18-/m0/s1. The maximum Gasteiger partial charge on any atom is 0.407 e. The molecular weight excluding hydrogens is 416 g/mol. The molecular formula is C22H32N4O6. The summed E-state index contributed by atoms with van der Waals surface area (Å²) in [4.78, 5) is 49.4. The van der Waals surface area contributed by atoms with Gasteiger partial charge >= 0.3 is 12.1 Å². The lowest BCUT2D eigenvalue weighted by atomic mass is 10.0. The number of fused-ring (bicyclic) bond motifs is 2. The Bertz CT molecular complexity index is 797. The van der Waals surface area contributed by atoms with E-state index in [2.05, 4.69) is 10.8 Å². The number of hydrogen-bond acceptors (Lipinski definition) is 6. The van der Waals surface area contributed by atoms with Crippen LogP contribution in [0.2, 0.25) is 0 Å². The SMILES string of the molecule is CC(C)(C)OC(=O)NCCCONC(=O)[C@@H]1CCC2CN1C(=O)N2OCc1ccccc1. The van der Waals surface area contributed by atoms with Crippen LogP contribution in [0.3, 0.4) is 0 Å². The number of alkyl carbamates (subject to hydrolysis) is 1. The van der Waals surface area contributed by atoms with Crippen LogP contribution in [0.25, 0.3) is 0 Å². The van der Waals surface area contributed by atoms with Crippen molar-refractivity contribution in [3.63, 3.8) is 0 Å². The van der Waals surface area contributed by atoms with E-state index in [1.165, 1.54) is 9.96 Å². The van der Waals surface area contributed by atoms with Gasteiger partial charge in [0.05, 0.1) is 12.6 Å². The van der Waals surface area contributed by atoms with E-state index in [4.69, 9.17) is 14.4 Å². The van der Waals surface area contributed by atoms with Crippen LogP contribution in [-0.4, -0.2) is 65.4 Å². The van der Waals surface area contributed by atoms with Gasteiger partial charge in [-0.3, -0.25) is 14.5 Å². The van der Waals surface area contributed by atoms with E-state index in [9.17, 15) is 14.4 Å². The Hall–Kier alpha value is -2.85. The summed E-state index contributed by atoms with van der Waals surface area (Å²) in [5, 5.41) is 4.01. The molecule has 0 saturated carbocycles. The molecule has 32 heavy (non-hydrogen) atoms. The lowest BCUT2D eigenvalue weighted by Crippen LogP contribution is -2.49. The number of hydrogen-bond donors (Lipinski definition) is 2. The van der Waals surface area contributed by atoms with Gasteiger partial charge in [-0.25, -0.2) is 15.1 Å². The lowest BCUT2D eigenvalue weighted by Gasteiger charge is -2.28. The van der Waals surface area contributed by atoms with Crippen molar-refractivity contribution in [3.05, 3.63) is 35.9 Å². The minimum Gasteiger partial charge on any atom is -0.444 e. The first kappa shape index (κ1) is 23.8. The number of ether oxygens (including phenoxy) is 1. The summed E-state index contributed by atoms with van der Waals surface area (Å²) in [7, 11) is 0. The average molecular weight is 449 g/mol. The van der Waals surface area contributed by atoms with Crippen molar-refractivity contribution in [2.75, 3.05) is 19.7 Å². The van der Waals surface area contributed by atoms with Crippen LogP contribution in [-0.2, 0) is 25.8 Å². The summed E-state index contributed by atoms with van der Waals surface area (Å²) < 4.78 is 5.14. The highest BCUT2D eigenvalue weighted by atomic mass is 16.7. The van der Waals surface area contributed by atoms with Crippen molar-refractivity contribution in [1.29, 1.82) is 0 Å². The summed E-state index contributed by atoms with van der Waals surface area (Å²) in [6.45, 7) is 6.69. The quantitative estimate of drug-likeness (QED) is 0.443. The highest BCUT2D eigenvalue weighted by molar-refractivity contribution is 5.88. The normalized spacial score (nSPS) is 20.3. The van der Waals surface area contributed by atoms with Gasteiger partial charge in [0.2, 0.25) is 0 Å². The van der Waals surface area contributed by atoms with E-state index in [0.29, 0.717) is 39.0 Å². The average Bonchev–Trinajstić information content (AvgIpc) is 2.98. The molecule has 2 saturated heterocycles. The first-order valence-electron chi connectivity index (χ1n) is 10.9. The number of piperidine rings is 1. The summed E-state index contributed by atoms with van der Waals surface area (Å²) in [5.74, 6) is -0.359. The topological polar surface area (TPSA) is 109 Å². The number of amides is 4. The number of benzene rings is 1. The molecule has 10 heteroatoms. The van der Waals surface area contributed by atoms with E-state index in [-0.39, 0.29) is 24.6 Å². The van der Waals surface area contributed by atoms with E-state index in [0.717, 1.165) is 5.56 Å². The molecule has 10 nitrogen and oxygen atoms in total. The molecule has 2 heterocycles. The van der Waals surface area contributed by atoms with Gasteiger partial charge < -0.3 is 15.0 Å². The predicted octanol–water partition coefficient (Wildman–Crippen LogP) is 2.35. The second kappa shape index (κ2) is 10.6. The maximum absolute atomic E-state index is 12.8. The number of urea groups is 1. The van der Waals surface area contributed by atoms with Crippen LogP contribution >= 0.6 is 0 Å². The molecule has 0 radical (unpaired) electrons. The van der Waals surface area contributed by atoms with Crippen molar-refractivity contribution >= 4 is 18.0 Å². The van der Waals surface area contributed by atoms with Crippen molar-refractivity contribution < 1.29 is 28.8 Å². The molecule has 1 unspecified atom stereocenters. The Kier molecular flexibility index (Phi) is 7.92. The van der Waals surface area contributed by atoms with Crippen molar-refractivity contribution in [2.45, 2.75) is 64.3 Å². The van der Waals surface area contributed by atoms with Gasteiger partial charge in [-0.2, -0.15) is 5.06 Å². The maximum atomic E-state index is 12.8. The second-order valence-corrected chi connectivity index (χ2v) is 8.86. The summed E-state index contributed by atoms with van der Waals surface area (Å²) in [6.07, 6.45) is 1.21. The Labute approximate surface area is 188 Å². The summed E-state index contributed by atoms with van der Waals surface area (Å²) >= 11 is 0. The first-order valence-corrected chi connectivity index (χ1v) is 10.9. The molecule has 1 aromatic rings. The molecule has 2 fully saturated rings. The fourth-order valence-corrected chi connectivity index (χ4v) is 3.63. The number of carbonyl (C=O) groups is 3. The number of rotatable bonds is 9. The van der Waals surface area contributed by atoms with Crippen LogP contribution in [0, 0.1) is 0 Å². The molecule has 2 bridgehead atoms. The minimum atomic E-state index is -0.594. The third-order valence-electron chi connectivity index (χ3n) is 5.10. The van der Waals surface area contributed by atoms with Crippen LogP contribution in [0.4, 0.5) is 9.59 Å². The molecule has 2 aliphatic heterocycles. The van der Waals surface area contributed by atoms with Crippen LogP contribution in [0.5, 0.6) is 0 Å². The van der Waals surface area contributed by atoms with Gasteiger partial charge in [-0.1, -0.05) is 30.3 Å². The minimum absolute atomic E-state index is 0.0601. The molecule has 2 N–H and O–H groups in total. The molecule has 0 aliphatic carbocycles. The number of hydroxylamine groups is 3. The number of carbonyl (C=O) groups excluding carboxylic acids is 3. The zero-order valence-corrected chi connectivity index (χ0v) is 18.8. The largest absolute Gasteiger partial charge is 0.444 e. The van der Waals surface area contributed by atoms with Crippen LogP contribution < -0.4 is 10.8 Å². The van der Waals surface area contributed by atoms with Gasteiger partial charge in [0.1, 0.15) is 18.2 Å². The number of nitrogens with zero attached hydrogens (tertiary/aromatic N) is 2. The Morgan fingerprint density at radius 2 is 1.91 bits per heavy atom. The Morgan fingerprint density at radius 1 is 1.16 bits per heavy atom. The van der Waals surface area contributed by atoms with E-state index >= 15 is 0 Å². The molecule has 0 spiro atoms. The molecule has 0 aromatic heterocycles. The van der Waals surface area contributed by atoms with Gasteiger partial charge in [0.15, 0.2) is 0 Å². The van der Waals surface area contributed by atoms with Gasteiger partial charge in [0, 0.05) is 13.1 Å². The van der Waals surface area contributed by atoms with Gasteiger partial charge in [-0.05, 0) is 45.6 Å². The molecule has 176 valence electrons. The fraction of sp³-hybridized carbons (Fsp3) is 0.591. The van der Waals surface area contributed by atoms with Gasteiger partial charge in [-0.15, -0.1) is 0 Å². The molecule has 2 aliphatic rings. The van der Waals surface area contributed by atoms with Crippen molar-refractivity contribution in [2.24, 2.45) is 0 Å². The molecule has 4 amide bonds. The molecule has 1 aromatic carbocycles. The van der Waals surface area contributed by atoms with Crippen molar-refractivity contribution in [1.82, 2.24) is 20.8 Å². The summed E-state index contributed by atoms with van der Waals surface area (Å²) in [5.41, 5.74) is 2.84. The zero-order valence-electron chi connectivity index (χ0n) is 18.8. The van der Waals surface area contributed by atoms with E-state index in [1.807, 2.05) is 30.3 Å². The first-order chi connectivity index (χ1) is 15.2. The third-order valence-corrected chi connectivity index (χ3v) is 5.10. The Balaban J connectivity index is 1.36. The predicted molar refractivity (Wildman–Crippen MR) is 115 cm³/mol. The van der Waals surface area contributed by atoms with Crippen LogP contribution in [0.15, 0.2) is 30.3 Å². The fourth-order valence-electron chi connectivity index (χ4n) is 3.63. The second-order valence-electron chi connectivity index (χ2n) is 8.86. The van der Waals surface area contributed by atoms with Crippen LogP contribution in [0.1, 0.15) is 45.6 Å². The Morgan fingerprint density at radius 3 is 2.62 bits per heavy atom.